The van der Waals surface area contributed by atoms with E-state index in [-0.39, 0.29) is 5.41 Å². The van der Waals surface area contributed by atoms with Crippen molar-refractivity contribution in [2.45, 2.75) is 19.3 Å². The lowest BCUT2D eigenvalue weighted by Gasteiger charge is -2.22. The fourth-order valence-corrected chi connectivity index (χ4v) is 10.2. The van der Waals surface area contributed by atoms with Crippen LogP contribution in [0.15, 0.2) is 164 Å². The molecular formula is C49H33NS. The Kier molecular flexibility index (Phi) is 5.95. The Labute approximate surface area is 300 Å². The molecule has 1 aliphatic rings. The first kappa shape index (κ1) is 28.8. The molecule has 0 saturated carbocycles. The van der Waals surface area contributed by atoms with E-state index in [0.29, 0.717) is 0 Å². The van der Waals surface area contributed by atoms with Crippen molar-refractivity contribution in [1.29, 1.82) is 0 Å². The third-order valence-corrected chi connectivity index (χ3v) is 12.6. The standard InChI is InChI=1S/C49H33NS/c1-49(2)41-18-10-8-14-35(41)36-26-25-34(29-42(36)49)50-43-27-24-33(32-22-20-31(21-23-32)30-12-4-3-5-13-30)28-40(43)45-37-15-6-7-16-38(37)46-39-17-9-11-19-44(39)51-48(46)47(45)50/h3-29H,1-2H3. The first-order chi connectivity index (χ1) is 25.1. The lowest BCUT2D eigenvalue weighted by Crippen LogP contribution is -2.15. The second kappa shape index (κ2) is 10.5. The Morgan fingerprint density at radius 3 is 1.86 bits per heavy atom. The average molecular weight is 668 g/mol. The van der Waals surface area contributed by atoms with E-state index in [1.54, 1.807) is 0 Å². The van der Waals surface area contributed by atoms with Gasteiger partial charge in [-0.1, -0.05) is 147 Å². The van der Waals surface area contributed by atoms with Crippen molar-refractivity contribution in [3.63, 3.8) is 0 Å². The highest BCUT2D eigenvalue weighted by Gasteiger charge is 2.35. The van der Waals surface area contributed by atoms with Gasteiger partial charge in [-0.3, -0.25) is 0 Å². The van der Waals surface area contributed by atoms with Crippen LogP contribution in [0.1, 0.15) is 25.0 Å². The summed E-state index contributed by atoms with van der Waals surface area (Å²) in [5, 5.41) is 7.92. The summed E-state index contributed by atoms with van der Waals surface area (Å²) < 4.78 is 5.24. The molecule has 2 heterocycles. The van der Waals surface area contributed by atoms with Gasteiger partial charge in [0.05, 0.1) is 15.7 Å². The minimum Gasteiger partial charge on any atom is -0.308 e. The maximum absolute atomic E-state index is 2.57. The largest absolute Gasteiger partial charge is 0.308 e. The SMILES string of the molecule is CC1(C)c2ccccc2-c2ccc(-n3c4ccc(-c5ccc(-c6ccccc6)cc5)cc4c4c5ccccc5c5c6ccccc6sc5c43)cc21. The molecule has 51 heavy (non-hydrogen) atoms. The van der Waals surface area contributed by atoms with E-state index in [4.69, 9.17) is 0 Å². The highest BCUT2D eigenvalue weighted by Crippen LogP contribution is 2.51. The van der Waals surface area contributed by atoms with Crippen LogP contribution in [0.4, 0.5) is 0 Å². The summed E-state index contributed by atoms with van der Waals surface area (Å²) in [5.74, 6) is 0. The molecule has 0 spiro atoms. The molecule has 0 unspecified atom stereocenters. The lowest BCUT2D eigenvalue weighted by atomic mass is 9.82. The van der Waals surface area contributed by atoms with Crippen LogP contribution in [0.25, 0.3) is 91.8 Å². The van der Waals surface area contributed by atoms with Crippen LogP contribution >= 0.6 is 11.3 Å². The van der Waals surface area contributed by atoms with Gasteiger partial charge in [0.1, 0.15) is 0 Å². The summed E-state index contributed by atoms with van der Waals surface area (Å²) in [6, 6.07) is 60.8. The Morgan fingerprint density at radius 2 is 1.06 bits per heavy atom. The molecule has 1 aliphatic carbocycles. The fraction of sp³-hybridized carbons (Fsp3) is 0.0612. The van der Waals surface area contributed by atoms with Gasteiger partial charge in [0.25, 0.3) is 0 Å². The quantitative estimate of drug-likeness (QED) is 0.177. The second-order valence-corrected chi connectivity index (χ2v) is 15.5. The third kappa shape index (κ3) is 4.03. The smallest absolute Gasteiger partial charge is 0.0726 e. The van der Waals surface area contributed by atoms with Gasteiger partial charge in [-0.15, -0.1) is 11.3 Å². The molecule has 2 heteroatoms. The Morgan fingerprint density at radius 1 is 0.451 bits per heavy atom. The first-order valence-corrected chi connectivity index (χ1v) is 18.6. The van der Waals surface area contributed by atoms with E-state index in [2.05, 4.69) is 182 Å². The van der Waals surface area contributed by atoms with Crippen LogP contribution in [0, 0.1) is 0 Å². The van der Waals surface area contributed by atoms with Crippen molar-refractivity contribution >= 4 is 64.1 Å². The number of thiophene rings is 1. The summed E-state index contributed by atoms with van der Waals surface area (Å²) in [5.41, 5.74) is 14.1. The number of nitrogens with zero attached hydrogens (tertiary/aromatic N) is 1. The minimum atomic E-state index is -0.0839. The number of hydrogen-bond acceptors (Lipinski definition) is 1. The van der Waals surface area contributed by atoms with Crippen LogP contribution in [0.3, 0.4) is 0 Å². The zero-order chi connectivity index (χ0) is 33.8. The molecule has 10 aromatic rings. The van der Waals surface area contributed by atoms with Crippen molar-refractivity contribution < 1.29 is 0 Å². The molecule has 0 N–H and O–H groups in total. The predicted octanol–water partition coefficient (Wildman–Crippen LogP) is 13.9. The van der Waals surface area contributed by atoms with E-state index in [1.165, 1.54) is 103 Å². The lowest BCUT2D eigenvalue weighted by molar-refractivity contribution is 0.660. The minimum absolute atomic E-state index is 0.0839. The molecule has 0 amide bonds. The van der Waals surface area contributed by atoms with E-state index < -0.39 is 0 Å². The zero-order valence-corrected chi connectivity index (χ0v) is 29.3. The molecule has 0 bridgehead atoms. The molecule has 0 aliphatic heterocycles. The number of fused-ring (bicyclic) bond motifs is 13. The monoisotopic (exact) mass is 667 g/mol. The predicted molar refractivity (Wildman–Crippen MR) is 220 cm³/mol. The Balaban J connectivity index is 1.23. The molecule has 0 atom stereocenters. The van der Waals surface area contributed by atoms with Crippen molar-refractivity contribution in [3.8, 4) is 39.1 Å². The summed E-state index contributed by atoms with van der Waals surface area (Å²) in [6.07, 6.45) is 0. The van der Waals surface area contributed by atoms with Gasteiger partial charge in [-0.25, -0.2) is 0 Å². The fourth-order valence-electron chi connectivity index (χ4n) is 8.94. The molecular weight excluding hydrogens is 635 g/mol. The highest BCUT2D eigenvalue weighted by molar-refractivity contribution is 7.27. The summed E-state index contributed by atoms with van der Waals surface area (Å²) in [7, 11) is 0. The second-order valence-electron chi connectivity index (χ2n) is 14.5. The van der Waals surface area contributed by atoms with Crippen LogP contribution in [-0.4, -0.2) is 4.57 Å². The van der Waals surface area contributed by atoms with Gasteiger partial charge in [-0.2, -0.15) is 0 Å². The van der Waals surface area contributed by atoms with E-state index >= 15 is 0 Å². The van der Waals surface area contributed by atoms with Crippen molar-refractivity contribution in [2.75, 3.05) is 0 Å². The molecule has 2 aromatic heterocycles. The van der Waals surface area contributed by atoms with Gasteiger partial charge >= 0.3 is 0 Å². The van der Waals surface area contributed by atoms with Crippen LogP contribution in [0.5, 0.6) is 0 Å². The van der Waals surface area contributed by atoms with Crippen molar-refractivity contribution in [3.05, 3.63) is 175 Å². The molecule has 11 rings (SSSR count). The summed E-state index contributed by atoms with van der Waals surface area (Å²) in [6.45, 7) is 4.75. The summed E-state index contributed by atoms with van der Waals surface area (Å²) >= 11 is 1.92. The molecule has 0 fully saturated rings. The zero-order valence-electron chi connectivity index (χ0n) is 28.4. The van der Waals surface area contributed by atoms with Crippen LogP contribution in [0.2, 0.25) is 0 Å². The van der Waals surface area contributed by atoms with Crippen LogP contribution in [-0.2, 0) is 5.41 Å². The molecule has 240 valence electrons. The van der Waals surface area contributed by atoms with E-state index in [1.807, 2.05) is 11.3 Å². The van der Waals surface area contributed by atoms with Crippen molar-refractivity contribution in [1.82, 2.24) is 4.57 Å². The van der Waals surface area contributed by atoms with Gasteiger partial charge in [0, 0.05) is 37.3 Å². The topological polar surface area (TPSA) is 4.93 Å². The number of hydrogen-bond donors (Lipinski definition) is 0. The van der Waals surface area contributed by atoms with E-state index in [9.17, 15) is 0 Å². The third-order valence-electron chi connectivity index (χ3n) is 11.4. The average Bonchev–Trinajstić information content (AvgIpc) is 3.81. The molecule has 0 radical (unpaired) electrons. The molecule has 1 nitrogen and oxygen atoms in total. The molecule has 0 saturated heterocycles. The number of aromatic nitrogens is 1. The molecule has 8 aromatic carbocycles. The Hall–Kier alpha value is -5.96. The van der Waals surface area contributed by atoms with Gasteiger partial charge < -0.3 is 4.57 Å². The number of benzene rings is 8. The summed E-state index contributed by atoms with van der Waals surface area (Å²) in [4.78, 5) is 0. The van der Waals surface area contributed by atoms with Crippen molar-refractivity contribution in [2.24, 2.45) is 0 Å². The van der Waals surface area contributed by atoms with Gasteiger partial charge in [0.15, 0.2) is 0 Å². The van der Waals surface area contributed by atoms with Crippen LogP contribution < -0.4 is 0 Å². The number of rotatable bonds is 3. The Bertz CT molecular complexity index is 3030. The first-order valence-electron chi connectivity index (χ1n) is 17.8. The maximum Gasteiger partial charge on any atom is 0.0726 e. The maximum atomic E-state index is 2.57. The van der Waals surface area contributed by atoms with Gasteiger partial charge in [0.2, 0.25) is 0 Å². The normalized spacial score (nSPS) is 13.5. The van der Waals surface area contributed by atoms with E-state index in [0.717, 1.165) is 0 Å². The van der Waals surface area contributed by atoms with Gasteiger partial charge in [-0.05, 0) is 85.6 Å². The highest BCUT2D eigenvalue weighted by atomic mass is 32.1.